The predicted molar refractivity (Wildman–Crippen MR) is 85.9 cm³/mol. The van der Waals surface area contributed by atoms with Crippen LogP contribution < -0.4 is 11.0 Å². The van der Waals surface area contributed by atoms with Crippen molar-refractivity contribution in [2.45, 2.75) is 37.0 Å². The van der Waals surface area contributed by atoms with Crippen LogP contribution in [0.25, 0.3) is 11.0 Å². The molecule has 1 aliphatic carbocycles. The molecule has 1 aromatic carbocycles. The Bertz CT molecular complexity index is 706. The topological polar surface area (TPSA) is 77.8 Å². The molecule has 3 rings (SSSR count). The Morgan fingerprint density at radius 3 is 2.90 bits per heavy atom. The van der Waals surface area contributed by atoms with Gasteiger partial charge in [-0.05, 0) is 43.7 Å². The number of nitrogens with one attached hydrogen (secondary N) is 3. The lowest BCUT2D eigenvalue weighted by Crippen LogP contribution is -2.39. The van der Waals surface area contributed by atoms with Gasteiger partial charge in [0.1, 0.15) is 0 Å². The second-order valence-electron chi connectivity index (χ2n) is 5.53. The van der Waals surface area contributed by atoms with Gasteiger partial charge in [0.2, 0.25) is 0 Å². The van der Waals surface area contributed by atoms with Crippen LogP contribution in [0.15, 0.2) is 23.0 Å². The number of carbonyl (C=O) groups is 1. The summed E-state index contributed by atoms with van der Waals surface area (Å²) in [7, 11) is 0. The third kappa shape index (κ3) is 3.15. The summed E-state index contributed by atoms with van der Waals surface area (Å²) in [6.07, 6.45) is 6.62. The zero-order chi connectivity index (χ0) is 14.8. The van der Waals surface area contributed by atoms with Crippen LogP contribution in [-0.2, 0) is 0 Å². The molecule has 1 aromatic heterocycles. The highest BCUT2D eigenvalue weighted by Crippen LogP contribution is 2.27. The Morgan fingerprint density at radius 2 is 2.10 bits per heavy atom. The van der Waals surface area contributed by atoms with E-state index in [9.17, 15) is 9.59 Å². The lowest BCUT2D eigenvalue weighted by molar-refractivity contribution is 0.0928. The van der Waals surface area contributed by atoms with Gasteiger partial charge in [-0.25, -0.2) is 4.79 Å². The van der Waals surface area contributed by atoms with Crippen molar-refractivity contribution in [3.05, 3.63) is 34.2 Å². The van der Waals surface area contributed by atoms with Crippen molar-refractivity contribution in [3.63, 3.8) is 0 Å². The summed E-state index contributed by atoms with van der Waals surface area (Å²) in [5, 5.41) is 3.76. The summed E-state index contributed by atoms with van der Waals surface area (Å²) in [6, 6.07) is 5.48. The van der Waals surface area contributed by atoms with Crippen molar-refractivity contribution in [1.29, 1.82) is 0 Å². The van der Waals surface area contributed by atoms with Gasteiger partial charge in [0.15, 0.2) is 0 Å². The molecule has 0 radical (unpaired) electrons. The zero-order valence-corrected chi connectivity index (χ0v) is 12.8. The van der Waals surface area contributed by atoms with Gasteiger partial charge in [-0.2, -0.15) is 11.8 Å². The highest BCUT2D eigenvalue weighted by Gasteiger charge is 2.23. The molecule has 0 aliphatic heterocycles. The van der Waals surface area contributed by atoms with Crippen molar-refractivity contribution in [2.75, 3.05) is 6.26 Å². The van der Waals surface area contributed by atoms with Gasteiger partial charge in [-0.1, -0.05) is 6.42 Å². The van der Waals surface area contributed by atoms with E-state index < -0.39 is 0 Å². The predicted octanol–water partition coefficient (Wildman–Crippen LogP) is 2.26. The Kier molecular flexibility index (Phi) is 4.05. The minimum Gasteiger partial charge on any atom is -0.349 e. The number of hydrogen-bond donors (Lipinski definition) is 3. The van der Waals surface area contributed by atoms with Crippen molar-refractivity contribution in [2.24, 2.45) is 0 Å². The Hall–Kier alpha value is -1.69. The molecule has 3 N–H and O–H groups in total. The molecule has 1 aliphatic rings. The van der Waals surface area contributed by atoms with Gasteiger partial charge in [0, 0.05) is 16.9 Å². The highest BCUT2D eigenvalue weighted by atomic mass is 32.2. The number of aromatic amines is 2. The van der Waals surface area contributed by atoms with E-state index in [0.717, 1.165) is 18.4 Å². The molecule has 1 saturated carbocycles. The third-order valence-corrected chi connectivity index (χ3v) is 5.17. The van der Waals surface area contributed by atoms with Crippen molar-refractivity contribution < 1.29 is 4.79 Å². The summed E-state index contributed by atoms with van der Waals surface area (Å²) in [4.78, 5) is 28.9. The first kappa shape index (κ1) is 14.3. The number of hydrogen-bond acceptors (Lipinski definition) is 3. The van der Waals surface area contributed by atoms with Crippen molar-refractivity contribution >= 4 is 28.7 Å². The average Bonchev–Trinajstić information content (AvgIpc) is 2.86. The summed E-state index contributed by atoms with van der Waals surface area (Å²) in [5.41, 5.74) is 1.72. The van der Waals surface area contributed by atoms with Gasteiger partial charge in [0.25, 0.3) is 5.91 Å². The highest BCUT2D eigenvalue weighted by molar-refractivity contribution is 7.99. The molecule has 2 aromatic rings. The molecule has 5 nitrogen and oxygen atoms in total. The molecule has 1 amide bonds. The summed E-state index contributed by atoms with van der Waals surface area (Å²) < 4.78 is 0. The molecule has 1 heterocycles. The summed E-state index contributed by atoms with van der Waals surface area (Å²) in [5.74, 6) is -0.0642. The molecule has 6 heteroatoms. The van der Waals surface area contributed by atoms with Crippen LogP contribution in [0.3, 0.4) is 0 Å². The first-order valence-electron chi connectivity index (χ1n) is 7.21. The minimum atomic E-state index is -0.252. The van der Waals surface area contributed by atoms with Crippen LogP contribution in [0, 0.1) is 0 Å². The SMILES string of the molecule is CS[C@@H]1CCC[C@@H](NC(=O)c2ccc3[nH]c(=O)[nH]c3c2)C1. The lowest BCUT2D eigenvalue weighted by Gasteiger charge is -2.28. The van der Waals surface area contributed by atoms with E-state index in [1.54, 1.807) is 18.2 Å². The molecule has 0 spiro atoms. The van der Waals surface area contributed by atoms with E-state index in [2.05, 4.69) is 21.5 Å². The molecule has 112 valence electrons. The monoisotopic (exact) mass is 305 g/mol. The fraction of sp³-hybridized carbons (Fsp3) is 0.467. The fourth-order valence-corrected chi connectivity index (χ4v) is 3.76. The first-order valence-corrected chi connectivity index (χ1v) is 8.50. The Labute approximate surface area is 126 Å². The molecule has 0 bridgehead atoms. The van der Waals surface area contributed by atoms with Gasteiger partial charge in [-0.15, -0.1) is 0 Å². The number of carbonyl (C=O) groups excluding carboxylic acids is 1. The second kappa shape index (κ2) is 5.97. The number of thioether (sulfide) groups is 1. The van der Waals surface area contributed by atoms with Crippen LogP contribution in [0.4, 0.5) is 0 Å². The molecule has 0 unspecified atom stereocenters. The number of H-pyrrole nitrogens is 2. The molecule has 0 saturated heterocycles. The Balaban J connectivity index is 1.72. The molecular formula is C15H19N3O2S. The first-order chi connectivity index (χ1) is 10.2. The van der Waals surface area contributed by atoms with Gasteiger partial charge in [0.05, 0.1) is 11.0 Å². The van der Waals surface area contributed by atoms with E-state index in [4.69, 9.17) is 0 Å². The van der Waals surface area contributed by atoms with Gasteiger partial charge in [-0.3, -0.25) is 4.79 Å². The number of rotatable bonds is 3. The van der Waals surface area contributed by atoms with Crippen LogP contribution in [0.5, 0.6) is 0 Å². The average molecular weight is 305 g/mol. The maximum Gasteiger partial charge on any atom is 0.323 e. The van der Waals surface area contributed by atoms with Crippen LogP contribution in [-0.4, -0.2) is 33.4 Å². The standard InChI is InChI=1S/C15H19N3O2S/c1-21-11-4-2-3-10(8-11)16-14(19)9-5-6-12-13(7-9)18-15(20)17-12/h5-7,10-11H,2-4,8H2,1H3,(H,16,19)(H2,17,18,20)/t10-,11-/m1/s1. The molecule has 2 atom stereocenters. The maximum absolute atomic E-state index is 12.3. The van der Waals surface area contributed by atoms with E-state index >= 15 is 0 Å². The Morgan fingerprint density at radius 1 is 1.29 bits per heavy atom. The fourth-order valence-electron chi connectivity index (χ4n) is 2.93. The smallest absolute Gasteiger partial charge is 0.323 e. The zero-order valence-electron chi connectivity index (χ0n) is 11.9. The van der Waals surface area contributed by atoms with Crippen LogP contribution in [0.2, 0.25) is 0 Å². The summed E-state index contributed by atoms with van der Waals surface area (Å²) in [6.45, 7) is 0. The van der Waals surface area contributed by atoms with E-state index in [1.165, 1.54) is 12.8 Å². The normalized spacial score (nSPS) is 22.3. The summed E-state index contributed by atoms with van der Waals surface area (Å²) >= 11 is 1.88. The largest absolute Gasteiger partial charge is 0.349 e. The number of benzene rings is 1. The number of amides is 1. The van der Waals surface area contributed by atoms with E-state index in [1.807, 2.05) is 11.8 Å². The van der Waals surface area contributed by atoms with Crippen molar-refractivity contribution in [1.82, 2.24) is 15.3 Å². The van der Waals surface area contributed by atoms with E-state index in [0.29, 0.717) is 16.3 Å². The number of aromatic nitrogens is 2. The maximum atomic E-state index is 12.3. The second-order valence-corrected chi connectivity index (χ2v) is 6.67. The number of fused-ring (bicyclic) bond motifs is 1. The minimum absolute atomic E-state index is 0.0642. The van der Waals surface area contributed by atoms with Gasteiger partial charge >= 0.3 is 5.69 Å². The lowest BCUT2D eigenvalue weighted by atomic mass is 9.94. The molecular weight excluding hydrogens is 286 g/mol. The quantitative estimate of drug-likeness (QED) is 0.814. The molecule has 1 fully saturated rings. The van der Waals surface area contributed by atoms with Crippen LogP contribution in [0.1, 0.15) is 36.0 Å². The third-order valence-electron chi connectivity index (χ3n) is 4.07. The molecule has 21 heavy (non-hydrogen) atoms. The van der Waals surface area contributed by atoms with Crippen LogP contribution >= 0.6 is 11.8 Å². The van der Waals surface area contributed by atoms with Crippen molar-refractivity contribution in [3.8, 4) is 0 Å². The number of imidazole rings is 1. The van der Waals surface area contributed by atoms with Gasteiger partial charge < -0.3 is 15.3 Å². The van der Waals surface area contributed by atoms with E-state index in [-0.39, 0.29) is 17.6 Å².